The van der Waals surface area contributed by atoms with Crippen LogP contribution in [0.2, 0.25) is 0 Å². The van der Waals surface area contributed by atoms with Crippen LogP contribution in [0, 0.1) is 0 Å². The molecular formula is C10H18O11. The first-order valence-electron chi connectivity index (χ1n) is 5.49. The summed E-state index contributed by atoms with van der Waals surface area (Å²) in [5.41, 5.74) is 0. The van der Waals surface area contributed by atoms with E-state index in [2.05, 4.69) is 0 Å². The molecule has 5 atom stereocenters. The van der Waals surface area contributed by atoms with Crippen molar-refractivity contribution in [3.63, 3.8) is 0 Å². The molecule has 0 spiro atoms. The quantitative estimate of drug-likeness (QED) is 0.200. The molecule has 8 N–H and O–H groups in total. The van der Waals surface area contributed by atoms with Crippen LogP contribution in [-0.4, -0.2) is 96.2 Å². The van der Waals surface area contributed by atoms with Crippen molar-refractivity contribution in [1.82, 2.24) is 0 Å². The highest BCUT2D eigenvalue weighted by Gasteiger charge is 2.29. The third-order valence-corrected chi connectivity index (χ3v) is 2.07. The number of aliphatic hydroxyl groups is 6. The summed E-state index contributed by atoms with van der Waals surface area (Å²) in [4.78, 5) is 29.3. The van der Waals surface area contributed by atoms with Gasteiger partial charge in [0.25, 0.3) is 0 Å². The minimum absolute atomic E-state index is 0.0258. The first-order chi connectivity index (χ1) is 9.58. The zero-order valence-electron chi connectivity index (χ0n) is 10.7. The lowest BCUT2D eigenvalue weighted by Gasteiger charge is -2.22. The van der Waals surface area contributed by atoms with E-state index < -0.39 is 55.5 Å². The van der Waals surface area contributed by atoms with Gasteiger partial charge in [0.05, 0.1) is 13.0 Å². The molecule has 0 aliphatic heterocycles. The molecule has 0 radical (unpaired) electrons. The number of carboxylic acid groups (broad SMARTS) is 2. The Morgan fingerprint density at radius 2 is 1.43 bits per heavy atom. The Labute approximate surface area is 118 Å². The Morgan fingerprint density at radius 3 is 1.67 bits per heavy atom. The molecular weight excluding hydrogens is 296 g/mol. The molecule has 0 rings (SSSR count). The molecule has 124 valence electrons. The lowest BCUT2D eigenvalue weighted by atomic mass is 10.0. The second-order valence-corrected chi connectivity index (χ2v) is 3.81. The SMILES string of the molecule is O=C(O)C[C@H](O)C(=O)O.O=C[C@@H](O)[C@@H](O)[C@H](O)[C@H](O)CO. The van der Waals surface area contributed by atoms with Gasteiger partial charge in [0.15, 0.2) is 12.4 Å². The highest BCUT2D eigenvalue weighted by Crippen LogP contribution is 2.02. The fraction of sp³-hybridized carbons (Fsp3) is 0.700. The molecule has 0 aromatic carbocycles. The number of carbonyl (C=O) groups excluding carboxylic acids is 1. The first kappa shape index (κ1) is 21.7. The van der Waals surface area contributed by atoms with Gasteiger partial charge in [-0.25, -0.2) is 4.79 Å². The summed E-state index contributed by atoms with van der Waals surface area (Å²) in [5.74, 6) is -2.85. The molecule has 0 amide bonds. The average Bonchev–Trinajstić information content (AvgIpc) is 2.43. The molecule has 0 aliphatic carbocycles. The number of carbonyl (C=O) groups is 3. The van der Waals surface area contributed by atoms with Crippen LogP contribution < -0.4 is 0 Å². The van der Waals surface area contributed by atoms with Crippen molar-refractivity contribution in [3.8, 4) is 0 Å². The van der Waals surface area contributed by atoms with Gasteiger partial charge in [-0.15, -0.1) is 0 Å². The molecule has 0 aromatic heterocycles. The van der Waals surface area contributed by atoms with Crippen LogP contribution in [0.3, 0.4) is 0 Å². The molecule has 0 unspecified atom stereocenters. The van der Waals surface area contributed by atoms with E-state index in [1.807, 2.05) is 0 Å². The number of rotatable bonds is 8. The van der Waals surface area contributed by atoms with E-state index >= 15 is 0 Å². The van der Waals surface area contributed by atoms with Crippen LogP contribution in [0.4, 0.5) is 0 Å². The summed E-state index contributed by atoms with van der Waals surface area (Å²) in [6.07, 6.45) is -9.38. The van der Waals surface area contributed by atoms with Gasteiger partial charge in [-0.05, 0) is 0 Å². The summed E-state index contributed by atoms with van der Waals surface area (Å²) in [7, 11) is 0. The molecule has 0 fully saturated rings. The van der Waals surface area contributed by atoms with Crippen LogP contribution in [0.5, 0.6) is 0 Å². The van der Waals surface area contributed by atoms with Gasteiger partial charge in [0.2, 0.25) is 0 Å². The number of carboxylic acids is 2. The predicted molar refractivity (Wildman–Crippen MR) is 63.1 cm³/mol. The first-order valence-corrected chi connectivity index (χ1v) is 5.49. The Kier molecular flexibility index (Phi) is 11.4. The lowest BCUT2D eigenvalue weighted by Crippen LogP contribution is -2.46. The molecule has 0 heterocycles. The van der Waals surface area contributed by atoms with Crippen molar-refractivity contribution in [3.05, 3.63) is 0 Å². The van der Waals surface area contributed by atoms with Crippen molar-refractivity contribution in [1.29, 1.82) is 0 Å². The van der Waals surface area contributed by atoms with Crippen molar-refractivity contribution in [2.24, 2.45) is 0 Å². The van der Waals surface area contributed by atoms with Gasteiger partial charge in [-0.1, -0.05) is 0 Å². The minimum atomic E-state index is -1.79. The second-order valence-electron chi connectivity index (χ2n) is 3.81. The normalized spacial score (nSPS) is 17.4. The smallest absolute Gasteiger partial charge is 0.333 e. The summed E-state index contributed by atoms with van der Waals surface area (Å²) in [6, 6.07) is 0. The van der Waals surface area contributed by atoms with E-state index in [1.54, 1.807) is 0 Å². The van der Waals surface area contributed by atoms with E-state index in [0.717, 1.165) is 0 Å². The topological polar surface area (TPSA) is 213 Å². The van der Waals surface area contributed by atoms with Gasteiger partial charge in [0.1, 0.15) is 24.4 Å². The van der Waals surface area contributed by atoms with E-state index in [9.17, 15) is 14.4 Å². The molecule has 21 heavy (non-hydrogen) atoms. The largest absolute Gasteiger partial charge is 0.481 e. The highest BCUT2D eigenvalue weighted by atomic mass is 16.4. The van der Waals surface area contributed by atoms with Crippen LogP contribution >= 0.6 is 0 Å². The fourth-order valence-electron chi connectivity index (χ4n) is 0.871. The Hall–Kier alpha value is -1.63. The predicted octanol–water partition coefficient (Wildman–Crippen LogP) is -4.47. The number of aliphatic hydroxyl groups excluding tert-OH is 6. The van der Waals surface area contributed by atoms with Crippen LogP contribution in [0.25, 0.3) is 0 Å². The molecule has 11 heteroatoms. The zero-order valence-corrected chi connectivity index (χ0v) is 10.7. The molecule has 0 aromatic rings. The third kappa shape index (κ3) is 9.84. The van der Waals surface area contributed by atoms with Gasteiger partial charge in [-0.3, -0.25) is 4.79 Å². The minimum Gasteiger partial charge on any atom is -0.481 e. The lowest BCUT2D eigenvalue weighted by molar-refractivity contribution is -0.152. The molecule has 0 aliphatic rings. The summed E-state index contributed by atoms with van der Waals surface area (Å²) < 4.78 is 0. The number of aldehydes is 1. The van der Waals surface area contributed by atoms with Crippen LogP contribution in [0.1, 0.15) is 6.42 Å². The number of aliphatic carboxylic acids is 2. The van der Waals surface area contributed by atoms with Gasteiger partial charge >= 0.3 is 11.9 Å². The van der Waals surface area contributed by atoms with E-state index in [0.29, 0.717) is 0 Å². The maximum Gasteiger partial charge on any atom is 0.333 e. The van der Waals surface area contributed by atoms with Crippen molar-refractivity contribution < 1.29 is 55.2 Å². The van der Waals surface area contributed by atoms with Crippen molar-refractivity contribution >= 4 is 18.2 Å². The van der Waals surface area contributed by atoms with E-state index in [4.69, 9.17) is 40.9 Å². The monoisotopic (exact) mass is 314 g/mol. The Morgan fingerprint density at radius 1 is 0.952 bits per heavy atom. The third-order valence-electron chi connectivity index (χ3n) is 2.07. The summed E-state index contributed by atoms with van der Waals surface area (Å²) in [6.45, 7) is -0.760. The van der Waals surface area contributed by atoms with E-state index in [1.165, 1.54) is 0 Å². The molecule has 0 bridgehead atoms. The van der Waals surface area contributed by atoms with Crippen molar-refractivity contribution in [2.75, 3.05) is 6.61 Å². The Bertz CT molecular complexity index is 331. The van der Waals surface area contributed by atoms with Crippen LogP contribution in [0.15, 0.2) is 0 Å². The van der Waals surface area contributed by atoms with Gasteiger partial charge < -0.3 is 45.6 Å². The van der Waals surface area contributed by atoms with Gasteiger partial charge in [0, 0.05) is 0 Å². The average molecular weight is 314 g/mol. The summed E-state index contributed by atoms with van der Waals surface area (Å²) in [5, 5.41) is 67.7. The standard InChI is InChI=1S/C6H12O6.C4H6O5/c7-1-3(9)5(11)6(12)4(10)2-8;5-2(4(8)9)1-3(6)7/h1,3-6,8-12H,2H2;2,5H,1H2,(H,6,7)(H,8,9)/t3-,4-,5-,6-;2-/m10/s1. The fourth-order valence-corrected chi connectivity index (χ4v) is 0.871. The molecule has 0 saturated carbocycles. The summed E-state index contributed by atoms with van der Waals surface area (Å²) >= 11 is 0. The van der Waals surface area contributed by atoms with E-state index in [-0.39, 0.29) is 6.29 Å². The second kappa shape index (κ2) is 11.1. The van der Waals surface area contributed by atoms with Crippen LogP contribution in [-0.2, 0) is 14.4 Å². The maximum absolute atomic E-state index is 9.90. The molecule has 0 saturated heterocycles. The maximum atomic E-state index is 9.90. The number of hydrogen-bond acceptors (Lipinski definition) is 9. The molecule has 11 nitrogen and oxygen atoms in total. The highest BCUT2D eigenvalue weighted by molar-refractivity contribution is 5.79. The zero-order chi connectivity index (χ0) is 17.2. The van der Waals surface area contributed by atoms with Crippen molar-refractivity contribution in [2.45, 2.75) is 36.9 Å². The Balaban J connectivity index is 0. The number of hydrogen-bond donors (Lipinski definition) is 8. The van der Waals surface area contributed by atoms with Gasteiger partial charge in [-0.2, -0.15) is 0 Å².